The first-order valence-corrected chi connectivity index (χ1v) is 16.9. The highest BCUT2D eigenvalue weighted by Crippen LogP contribution is 2.60. The molecule has 0 saturated carbocycles. The Balaban J connectivity index is 1.43. The number of ether oxygens (including phenoxy) is 8. The molecule has 2 aliphatic heterocycles. The van der Waals surface area contributed by atoms with Gasteiger partial charge in [-0.3, -0.25) is 4.79 Å². The van der Waals surface area contributed by atoms with Crippen LogP contribution in [0.3, 0.4) is 0 Å². The standard InChI is InChI=1S/C40H43NO10/c1-20-32(44-2)26-17-22-16-25(30(26)35(47-5)33(20)45-3)28-18-27-31(36(48-6)38(50-8)37(49-7)34(27)46-4)29(41(28)39(22)42)19-51-40(43)24-15-11-13-21-12-9-10-14-23(21)24/h9-15,22,25,28-29H,16-19H2,1-8H3/t22-,25-,28+,29+/m1/s1. The van der Waals surface area contributed by atoms with E-state index in [0.29, 0.717) is 70.6 Å². The number of hydrogen-bond acceptors (Lipinski definition) is 10. The fourth-order valence-electron chi connectivity index (χ4n) is 8.90. The van der Waals surface area contributed by atoms with Crippen LogP contribution in [-0.4, -0.2) is 79.2 Å². The molecule has 51 heavy (non-hydrogen) atoms. The molecule has 11 nitrogen and oxygen atoms in total. The lowest BCUT2D eigenvalue weighted by atomic mass is 9.65. The number of carbonyl (C=O) groups excluding carboxylic acids is 2. The molecule has 0 radical (unpaired) electrons. The van der Waals surface area contributed by atoms with Crippen LogP contribution in [0.25, 0.3) is 10.8 Å². The minimum Gasteiger partial charge on any atom is -0.496 e. The molecule has 1 amide bonds. The number of amides is 1. The van der Waals surface area contributed by atoms with E-state index in [1.807, 2.05) is 48.2 Å². The van der Waals surface area contributed by atoms with Gasteiger partial charge in [0.15, 0.2) is 23.0 Å². The van der Waals surface area contributed by atoms with Crippen molar-refractivity contribution in [2.75, 3.05) is 56.4 Å². The molecule has 2 heterocycles. The van der Waals surface area contributed by atoms with Gasteiger partial charge in [0.1, 0.15) is 12.4 Å². The Hall–Kier alpha value is -5.32. The number of nitrogens with zero attached hydrogens (tertiary/aromatic N) is 1. The number of fused-ring (bicyclic) bond motifs is 8. The third-order valence-corrected chi connectivity index (χ3v) is 10.9. The Morgan fingerprint density at radius 2 is 1.27 bits per heavy atom. The van der Waals surface area contributed by atoms with Crippen molar-refractivity contribution >= 4 is 22.6 Å². The smallest absolute Gasteiger partial charge is 0.338 e. The predicted molar refractivity (Wildman–Crippen MR) is 189 cm³/mol. The van der Waals surface area contributed by atoms with Gasteiger partial charge >= 0.3 is 5.97 Å². The SMILES string of the molecule is COc1c(C)c(OC)c(OC)c2c1C[C@H]1C[C@@H]2[C@@H]2Cc3c(OC)c(OC)c(OC)c(OC)c3[C@H](COC(=O)c3cccc4ccccc34)N2C1=O. The maximum Gasteiger partial charge on any atom is 0.338 e. The molecule has 0 spiro atoms. The topological polar surface area (TPSA) is 111 Å². The zero-order valence-corrected chi connectivity index (χ0v) is 30.2. The Morgan fingerprint density at radius 3 is 1.94 bits per heavy atom. The second-order valence-corrected chi connectivity index (χ2v) is 13.0. The largest absolute Gasteiger partial charge is 0.496 e. The second-order valence-electron chi connectivity index (χ2n) is 13.0. The lowest BCUT2D eigenvalue weighted by Gasteiger charge is -2.53. The number of hydrogen-bond donors (Lipinski definition) is 0. The van der Waals surface area contributed by atoms with Crippen LogP contribution in [0.5, 0.6) is 40.2 Å². The van der Waals surface area contributed by atoms with E-state index in [4.69, 9.17) is 37.9 Å². The highest BCUT2D eigenvalue weighted by Gasteiger charge is 2.54. The molecule has 1 aliphatic carbocycles. The Bertz CT molecular complexity index is 2040. The molecule has 4 aromatic carbocycles. The van der Waals surface area contributed by atoms with Crippen LogP contribution >= 0.6 is 0 Å². The summed E-state index contributed by atoms with van der Waals surface area (Å²) in [5.74, 6) is 2.40. The van der Waals surface area contributed by atoms with Crippen molar-refractivity contribution in [3.63, 3.8) is 0 Å². The van der Waals surface area contributed by atoms with E-state index in [2.05, 4.69) is 0 Å². The molecule has 11 heteroatoms. The van der Waals surface area contributed by atoms with Gasteiger partial charge in [-0.25, -0.2) is 4.79 Å². The lowest BCUT2D eigenvalue weighted by molar-refractivity contribution is -0.149. The maximum atomic E-state index is 14.8. The number of piperidine rings is 1. The molecule has 1 fully saturated rings. The van der Waals surface area contributed by atoms with Crippen LogP contribution in [0.2, 0.25) is 0 Å². The minimum absolute atomic E-state index is 0.0379. The van der Waals surface area contributed by atoms with Gasteiger partial charge in [-0.1, -0.05) is 36.4 Å². The van der Waals surface area contributed by atoms with Crippen molar-refractivity contribution in [1.29, 1.82) is 0 Å². The van der Waals surface area contributed by atoms with E-state index in [0.717, 1.165) is 33.0 Å². The Kier molecular flexibility index (Phi) is 8.99. The lowest BCUT2D eigenvalue weighted by Crippen LogP contribution is -2.58. The quantitative estimate of drug-likeness (QED) is 0.177. The first-order valence-electron chi connectivity index (χ1n) is 16.9. The molecule has 2 bridgehead atoms. The van der Waals surface area contributed by atoms with Crippen LogP contribution in [0.15, 0.2) is 42.5 Å². The predicted octanol–water partition coefficient (Wildman–Crippen LogP) is 6.22. The van der Waals surface area contributed by atoms with Crippen molar-refractivity contribution in [2.45, 2.75) is 44.2 Å². The summed E-state index contributed by atoms with van der Waals surface area (Å²) in [6.07, 6.45) is 1.45. The highest BCUT2D eigenvalue weighted by molar-refractivity contribution is 6.04. The third-order valence-electron chi connectivity index (χ3n) is 10.9. The Labute approximate surface area is 297 Å². The number of benzene rings is 4. The van der Waals surface area contributed by atoms with Gasteiger partial charge in [0.2, 0.25) is 17.4 Å². The normalized spacial score (nSPS) is 20.1. The summed E-state index contributed by atoms with van der Waals surface area (Å²) < 4.78 is 47.9. The maximum absolute atomic E-state index is 14.8. The summed E-state index contributed by atoms with van der Waals surface area (Å²) in [7, 11) is 11.1. The summed E-state index contributed by atoms with van der Waals surface area (Å²) in [6, 6.07) is 12.1. The fourth-order valence-corrected chi connectivity index (χ4v) is 8.90. The zero-order valence-electron chi connectivity index (χ0n) is 30.2. The van der Waals surface area contributed by atoms with Gasteiger partial charge in [-0.2, -0.15) is 0 Å². The molecule has 4 atom stereocenters. The number of methoxy groups -OCH3 is 7. The summed E-state index contributed by atoms with van der Waals surface area (Å²) in [6.45, 7) is 1.79. The number of rotatable bonds is 10. The van der Waals surface area contributed by atoms with Gasteiger partial charge in [0, 0.05) is 45.7 Å². The van der Waals surface area contributed by atoms with E-state index in [1.165, 1.54) is 7.11 Å². The molecule has 1 saturated heterocycles. The molecule has 3 aliphatic rings. The molecular weight excluding hydrogens is 654 g/mol. The molecule has 0 unspecified atom stereocenters. The monoisotopic (exact) mass is 697 g/mol. The van der Waals surface area contributed by atoms with E-state index in [-0.39, 0.29) is 30.4 Å². The van der Waals surface area contributed by atoms with Gasteiger partial charge in [-0.15, -0.1) is 0 Å². The van der Waals surface area contributed by atoms with Gasteiger partial charge in [0.05, 0.1) is 61.4 Å². The molecular formula is C40H43NO10. The van der Waals surface area contributed by atoms with Crippen LogP contribution < -0.4 is 33.2 Å². The summed E-state index contributed by atoms with van der Waals surface area (Å²) in [4.78, 5) is 30.6. The van der Waals surface area contributed by atoms with Crippen LogP contribution in [0, 0.1) is 12.8 Å². The van der Waals surface area contributed by atoms with Crippen molar-refractivity contribution in [1.82, 2.24) is 4.90 Å². The molecule has 268 valence electrons. The van der Waals surface area contributed by atoms with Crippen LogP contribution in [0.1, 0.15) is 56.6 Å². The highest BCUT2D eigenvalue weighted by atomic mass is 16.5. The van der Waals surface area contributed by atoms with E-state index >= 15 is 0 Å². The van der Waals surface area contributed by atoms with Crippen LogP contribution in [0.4, 0.5) is 0 Å². The minimum atomic E-state index is -0.749. The van der Waals surface area contributed by atoms with Crippen molar-refractivity contribution in [3.8, 4) is 40.2 Å². The van der Waals surface area contributed by atoms with Crippen molar-refractivity contribution < 1.29 is 47.5 Å². The first kappa shape index (κ1) is 34.1. The van der Waals surface area contributed by atoms with E-state index in [1.54, 1.807) is 48.7 Å². The van der Waals surface area contributed by atoms with Gasteiger partial charge in [0.25, 0.3) is 0 Å². The average Bonchev–Trinajstić information content (AvgIpc) is 3.16. The first-order chi connectivity index (χ1) is 24.8. The molecule has 0 aromatic heterocycles. The summed E-state index contributed by atoms with van der Waals surface area (Å²) in [5.41, 5.74) is 4.58. The van der Waals surface area contributed by atoms with Crippen molar-refractivity contribution in [3.05, 3.63) is 75.8 Å². The molecule has 4 aromatic rings. The number of carbonyl (C=O) groups is 2. The van der Waals surface area contributed by atoms with Crippen molar-refractivity contribution in [2.24, 2.45) is 5.92 Å². The second kappa shape index (κ2) is 13.4. The van der Waals surface area contributed by atoms with E-state index < -0.39 is 12.0 Å². The average molecular weight is 698 g/mol. The Morgan fingerprint density at radius 1 is 0.686 bits per heavy atom. The molecule has 0 N–H and O–H groups in total. The number of esters is 1. The third kappa shape index (κ3) is 5.07. The summed E-state index contributed by atoms with van der Waals surface area (Å²) in [5, 5.41) is 1.70. The van der Waals surface area contributed by atoms with E-state index in [9.17, 15) is 9.59 Å². The zero-order chi connectivity index (χ0) is 36.1. The summed E-state index contributed by atoms with van der Waals surface area (Å²) >= 11 is 0. The van der Waals surface area contributed by atoms with Gasteiger partial charge < -0.3 is 42.8 Å². The fraction of sp³-hybridized carbons (Fsp3) is 0.400. The van der Waals surface area contributed by atoms with Gasteiger partial charge in [-0.05, 0) is 43.0 Å². The van der Waals surface area contributed by atoms with Crippen LogP contribution in [-0.2, 0) is 22.4 Å². The molecule has 7 rings (SSSR count).